The third-order valence-electron chi connectivity index (χ3n) is 3.52. The lowest BCUT2D eigenvalue weighted by molar-refractivity contribution is -0.884. The zero-order valence-corrected chi connectivity index (χ0v) is 10.9. The van der Waals surface area contributed by atoms with Crippen molar-refractivity contribution in [2.45, 2.75) is 18.9 Å². The number of amides is 1. The molecule has 0 spiro atoms. The molecule has 0 unspecified atom stereocenters. The highest BCUT2D eigenvalue weighted by Gasteiger charge is 2.24. The molecule has 0 bridgehead atoms. The molecule has 1 saturated heterocycles. The van der Waals surface area contributed by atoms with Gasteiger partial charge in [-0.05, 0) is 6.07 Å². The summed E-state index contributed by atoms with van der Waals surface area (Å²) in [4.78, 5) is 23.9. The maximum absolute atomic E-state index is 12.1. The highest BCUT2D eigenvalue weighted by Crippen LogP contribution is 2.17. The number of hydrogen-bond acceptors (Lipinski definition) is 3. The molecular weight excluding hydrogens is 246 g/mol. The van der Waals surface area contributed by atoms with E-state index in [1.165, 1.54) is 17.0 Å². The first kappa shape index (κ1) is 13.5. The Balaban J connectivity index is 2.06. The summed E-state index contributed by atoms with van der Waals surface area (Å²) < 4.78 is 0. The minimum absolute atomic E-state index is 0.121. The quantitative estimate of drug-likeness (QED) is 0.596. The topological polar surface area (TPSA) is 76.7 Å². The van der Waals surface area contributed by atoms with E-state index < -0.39 is 4.92 Å². The van der Waals surface area contributed by atoms with Gasteiger partial charge in [0.15, 0.2) is 0 Å². The van der Waals surface area contributed by atoms with Gasteiger partial charge >= 0.3 is 0 Å². The molecule has 1 aromatic rings. The molecule has 6 heteroatoms. The van der Waals surface area contributed by atoms with E-state index in [9.17, 15) is 14.9 Å². The second-order valence-electron chi connectivity index (χ2n) is 4.98. The van der Waals surface area contributed by atoms with Crippen LogP contribution >= 0.6 is 0 Å². The van der Waals surface area contributed by atoms with E-state index in [2.05, 4.69) is 12.4 Å². The van der Waals surface area contributed by atoms with Gasteiger partial charge in [0.2, 0.25) is 0 Å². The van der Waals surface area contributed by atoms with Crippen molar-refractivity contribution >= 4 is 11.6 Å². The van der Waals surface area contributed by atoms with Crippen LogP contribution in [0.25, 0.3) is 0 Å². The molecule has 0 aromatic heterocycles. The summed E-state index contributed by atoms with van der Waals surface area (Å²) >= 11 is 0. The fourth-order valence-electron chi connectivity index (χ4n) is 2.34. The van der Waals surface area contributed by atoms with E-state index in [1.807, 2.05) is 0 Å². The molecule has 1 amide bonds. The van der Waals surface area contributed by atoms with Gasteiger partial charge in [0.05, 0.1) is 25.1 Å². The third-order valence-corrected chi connectivity index (χ3v) is 3.52. The van der Waals surface area contributed by atoms with Gasteiger partial charge in [-0.15, -0.1) is 0 Å². The molecule has 1 aliphatic heterocycles. The number of benzene rings is 1. The summed E-state index contributed by atoms with van der Waals surface area (Å²) in [6, 6.07) is 6.17. The molecule has 1 aromatic carbocycles. The van der Waals surface area contributed by atoms with Crippen LogP contribution in [0.4, 0.5) is 5.69 Å². The van der Waals surface area contributed by atoms with E-state index in [0.29, 0.717) is 0 Å². The summed E-state index contributed by atoms with van der Waals surface area (Å²) in [6.45, 7) is 2.03. The van der Waals surface area contributed by atoms with Crippen molar-refractivity contribution in [1.82, 2.24) is 5.32 Å². The second-order valence-corrected chi connectivity index (χ2v) is 4.98. The predicted molar refractivity (Wildman–Crippen MR) is 70.2 cm³/mol. The molecule has 1 heterocycles. The molecule has 1 aliphatic rings. The molecule has 2 rings (SSSR count). The number of nitro groups is 1. The predicted octanol–water partition coefficient (Wildman–Crippen LogP) is 0.00170. The second kappa shape index (κ2) is 5.79. The van der Waals surface area contributed by atoms with Crippen molar-refractivity contribution in [3.63, 3.8) is 0 Å². The van der Waals surface area contributed by atoms with E-state index in [1.54, 1.807) is 12.1 Å². The van der Waals surface area contributed by atoms with Crippen molar-refractivity contribution in [1.29, 1.82) is 0 Å². The van der Waals surface area contributed by atoms with Gasteiger partial charge < -0.3 is 10.2 Å². The maximum Gasteiger partial charge on any atom is 0.282 e. The summed E-state index contributed by atoms with van der Waals surface area (Å²) in [5, 5.41) is 13.8. The summed E-state index contributed by atoms with van der Waals surface area (Å²) in [7, 11) is 2.13. The van der Waals surface area contributed by atoms with Gasteiger partial charge in [-0.3, -0.25) is 14.9 Å². The lowest BCUT2D eigenvalue weighted by Crippen LogP contribution is -3.10. The number of nitrogens with one attached hydrogen (secondary N) is 2. The monoisotopic (exact) mass is 264 g/mol. The SMILES string of the molecule is C[NH+]1CCC(NC(=O)c2ccccc2[N+](=O)[O-])CC1. The Morgan fingerprint density at radius 1 is 1.37 bits per heavy atom. The number of para-hydroxylation sites is 1. The number of likely N-dealkylation sites (tertiary alicyclic amines) is 1. The zero-order chi connectivity index (χ0) is 13.8. The highest BCUT2D eigenvalue weighted by atomic mass is 16.6. The number of carbonyl (C=O) groups excluding carboxylic acids is 1. The Morgan fingerprint density at radius 2 is 2.00 bits per heavy atom. The van der Waals surface area contributed by atoms with Crippen molar-refractivity contribution < 1.29 is 14.6 Å². The Kier molecular flexibility index (Phi) is 4.11. The van der Waals surface area contributed by atoms with Crippen molar-refractivity contribution in [2.24, 2.45) is 0 Å². The number of rotatable bonds is 3. The molecule has 102 valence electrons. The Morgan fingerprint density at radius 3 is 2.63 bits per heavy atom. The molecule has 0 saturated carbocycles. The molecule has 6 nitrogen and oxygen atoms in total. The number of piperidine rings is 1. The van der Waals surface area contributed by atoms with Crippen LogP contribution in [0, 0.1) is 10.1 Å². The molecule has 1 fully saturated rings. The Labute approximate surface area is 111 Å². The van der Waals surface area contributed by atoms with Crippen LogP contribution in [-0.2, 0) is 0 Å². The van der Waals surface area contributed by atoms with Crippen LogP contribution in [0.1, 0.15) is 23.2 Å². The van der Waals surface area contributed by atoms with Gasteiger partial charge in [-0.2, -0.15) is 0 Å². The van der Waals surface area contributed by atoms with Gasteiger partial charge in [0.1, 0.15) is 5.56 Å². The molecule has 0 atom stereocenters. The van der Waals surface area contributed by atoms with Gasteiger partial charge in [0, 0.05) is 24.9 Å². The largest absolute Gasteiger partial charge is 0.349 e. The minimum atomic E-state index is -0.520. The van der Waals surface area contributed by atoms with Crippen LogP contribution in [0.2, 0.25) is 0 Å². The minimum Gasteiger partial charge on any atom is -0.349 e. The van der Waals surface area contributed by atoms with Gasteiger partial charge in [0.25, 0.3) is 11.6 Å². The first-order valence-electron chi connectivity index (χ1n) is 6.43. The fraction of sp³-hybridized carbons (Fsp3) is 0.462. The summed E-state index contributed by atoms with van der Waals surface area (Å²) in [5.41, 5.74) is -0.00247. The molecule has 19 heavy (non-hydrogen) atoms. The van der Waals surface area contributed by atoms with Crippen LogP contribution < -0.4 is 10.2 Å². The van der Waals surface area contributed by atoms with E-state index in [4.69, 9.17) is 0 Å². The molecule has 0 radical (unpaired) electrons. The van der Waals surface area contributed by atoms with Crippen molar-refractivity contribution in [2.75, 3.05) is 20.1 Å². The smallest absolute Gasteiger partial charge is 0.282 e. The van der Waals surface area contributed by atoms with Crippen LogP contribution in [0.15, 0.2) is 24.3 Å². The standard InChI is InChI=1S/C13H17N3O3/c1-15-8-6-10(7-9-15)14-13(17)11-4-2-3-5-12(11)16(18)19/h2-5,10H,6-9H2,1H3,(H,14,17)/p+1. The normalized spacial score (nSPS) is 22.8. The zero-order valence-electron chi connectivity index (χ0n) is 10.9. The number of carbonyl (C=O) groups is 1. The van der Waals surface area contributed by atoms with E-state index in [0.717, 1.165) is 25.9 Å². The lowest BCUT2D eigenvalue weighted by Gasteiger charge is -2.27. The first-order chi connectivity index (χ1) is 9.08. The van der Waals surface area contributed by atoms with Crippen LogP contribution in [0.3, 0.4) is 0 Å². The lowest BCUT2D eigenvalue weighted by atomic mass is 10.0. The molecular formula is C13H18N3O3+. The van der Waals surface area contributed by atoms with Crippen LogP contribution in [0.5, 0.6) is 0 Å². The number of nitro benzene ring substituents is 1. The number of nitrogens with zero attached hydrogens (tertiary/aromatic N) is 1. The summed E-state index contributed by atoms with van der Waals surface area (Å²) in [5.74, 6) is -0.350. The molecule has 2 N–H and O–H groups in total. The highest BCUT2D eigenvalue weighted by molar-refractivity contribution is 5.98. The fourth-order valence-corrected chi connectivity index (χ4v) is 2.34. The summed E-state index contributed by atoms with van der Waals surface area (Å²) in [6.07, 6.45) is 1.83. The van der Waals surface area contributed by atoms with Crippen molar-refractivity contribution in [3.8, 4) is 0 Å². The van der Waals surface area contributed by atoms with Gasteiger partial charge in [-0.25, -0.2) is 0 Å². The van der Waals surface area contributed by atoms with Gasteiger partial charge in [-0.1, -0.05) is 12.1 Å². The average molecular weight is 264 g/mol. The third kappa shape index (κ3) is 3.29. The Bertz CT molecular complexity index is 482. The Hall–Kier alpha value is -1.95. The van der Waals surface area contributed by atoms with Crippen molar-refractivity contribution in [3.05, 3.63) is 39.9 Å². The van der Waals surface area contributed by atoms with E-state index in [-0.39, 0.29) is 23.2 Å². The van der Waals surface area contributed by atoms with E-state index >= 15 is 0 Å². The first-order valence-corrected chi connectivity index (χ1v) is 6.43. The maximum atomic E-state index is 12.1. The number of hydrogen-bond donors (Lipinski definition) is 2. The van der Waals surface area contributed by atoms with Crippen LogP contribution in [-0.4, -0.2) is 37.0 Å². The number of quaternary nitrogens is 1. The average Bonchev–Trinajstić information content (AvgIpc) is 2.41. The molecule has 0 aliphatic carbocycles.